The first-order valence-electron chi connectivity index (χ1n) is 8.25. The second-order valence-electron chi connectivity index (χ2n) is 6.93. The number of amides is 2. The SMILES string of the molecule is C[C@@](C#N)(NC(=O)CN1Cc2ccccc2C[C@@H]1C(N)=O)C1CC1. The normalized spacial score (nSPS) is 22.8. The summed E-state index contributed by atoms with van der Waals surface area (Å²) in [5, 5.41) is 12.2. The molecule has 1 saturated carbocycles. The maximum absolute atomic E-state index is 12.4. The summed E-state index contributed by atoms with van der Waals surface area (Å²) in [6, 6.07) is 9.59. The number of nitrogens with one attached hydrogen (secondary N) is 1. The van der Waals surface area contributed by atoms with Gasteiger partial charge in [0.25, 0.3) is 0 Å². The minimum Gasteiger partial charge on any atom is -0.368 e. The third-order valence-corrected chi connectivity index (χ3v) is 5.05. The highest BCUT2D eigenvalue weighted by molar-refractivity contribution is 5.83. The van der Waals surface area contributed by atoms with Gasteiger partial charge in [0.15, 0.2) is 0 Å². The number of carbonyl (C=O) groups excluding carboxylic acids is 2. The van der Waals surface area contributed by atoms with E-state index >= 15 is 0 Å². The van der Waals surface area contributed by atoms with E-state index in [1.807, 2.05) is 24.3 Å². The molecule has 126 valence electrons. The molecule has 6 nitrogen and oxygen atoms in total. The summed E-state index contributed by atoms with van der Waals surface area (Å²) in [6.07, 6.45) is 2.44. The molecule has 2 amide bonds. The predicted molar refractivity (Wildman–Crippen MR) is 88.4 cm³/mol. The van der Waals surface area contributed by atoms with Crippen LogP contribution in [-0.2, 0) is 22.6 Å². The van der Waals surface area contributed by atoms with Crippen molar-refractivity contribution in [2.24, 2.45) is 11.7 Å². The first-order valence-corrected chi connectivity index (χ1v) is 8.25. The number of nitrogens with zero attached hydrogens (tertiary/aromatic N) is 2. The van der Waals surface area contributed by atoms with Gasteiger partial charge in [0.1, 0.15) is 5.54 Å². The first kappa shape index (κ1) is 16.5. The summed E-state index contributed by atoms with van der Waals surface area (Å²) < 4.78 is 0. The van der Waals surface area contributed by atoms with Crippen LogP contribution >= 0.6 is 0 Å². The van der Waals surface area contributed by atoms with E-state index in [2.05, 4.69) is 11.4 Å². The largest absolute Gasteiger partial charge is 0.368 e. The molecule has 1 fully saturated rings. The van der Waals surface area contributed by atoms with Crippen molar-refractivity contribution < 1.29 is 9.59 Å². The van der Waals surface area contributed by atoms with Crippen molar-refractivity contribution in [3.05, 3.63) is 35.4 Å². The van der Waals surface area contributed by atoms with Crippen molar-refractivity contribution in [1.82, 2.24) is 10.2 Å². The topological polar surface area (TPSA) is 99.2 Å². The molecule has 2 aliphatic rings. The van der Waals surface area contributed by atoms with Crippen molar-refractivity contribution in [2.45, 2.75) is 44.3 Å². The average molecular weight is 326 g/mol. The van der Waals surface area contributed by atoms with Gasteiger partial charge in [-0.25, -0.2) is 0 Å². The number of hydrogen-bond acceptors (Lipinski definition) is 4. The van der Waals surface area contributed by atoms with Crippen LogP contribution in [0.4, 0.5) is 0 Å². The lowest BCUT2D eigenvalue weighted by molar-refractivity contribution is -0.128. The second kappa shape index (κ2) is 6.25. The smallest absolute Gasteiger partial charge is 0.235 e. The Bertz CT molecular complexity index is 707. The van der Waals surface area contributed by atoms with Crippen LogP contribution in [0, 0.1) is 17.2 Å². The molecule has 1 aliphatic heterocycles. The molecule has 1 aliphatic carbocycles. The van der Waals surface area contributed by atoms with Crippen molar-refractivity contribution >= 4 is 11.8 Å². The molecule has 1 heterocycles. The number of hydrogen-bond donors (Lipinski definition) is 2. The fourth-order valence-electron chi connectivity index (χ4n) is 3.42. The Hall–Kier alpha value is -2.39. The Labute approximate surface area is 141 Å². The number of benzene rings is 1. The number of carbonyl (C=O) groups is 2. The monoisotopic (exact) mass is 326 g/mol. The summed E-state index contributed by atoms with van der Waals surface area (Å²) in [7, 11) is 0. The number of rotatable bonds is 5. The van der Waals surface area contributed by atoms with Crippen LogP contribution in [0.15, 0.2) is 24.3 Å². The standard InChI is InChI=1S/C18H22N4O2/c1-18(11-19,14-6-7-14)21-16(23)10-22-9-13-5-3-2-4-12(13)8-15(22)17(20)24/h2-5,14-15H,6-10H2,1H3,(H2,20,24)(H,21,23)/t15-,18+/m1/s1. The third-order valence-electron chi connectivity index (χ3n) is 5.05. The van der Waals surface area contributed by atoms with Crippen LogP contribution < -0.4 is 11.1 Å². The van der Waals surface area contributed by atoms with Crippen LogP contribution in [0.1, 0.15) is 30.9 Å². The van der Waals surface area contributed by atoms with Gasteiger partial charge in [0.05, 0.1) is 18.7 Å². The molecule has 3 rings (SSSR count). The molecule has 0 spiro atoms. The molecule has 0 radical (unpaired) electrons. The third kappa shape index (κ3) is 3.26. The highest BCUT2D eigenvalue weighted by Gasteiger charge is 2.43. The van der Waals surface area contributed by atoms with Crippen molar-refractivity contribution in [3.8, 4) is 6.07 Å². The Morgan fingerprint density at radius 1 is 1.38 bits per heavy atom. The molecular formula is C18H22N4O2. The van der Waals surface area contributed by atoms with Gasteiger partial charge in [-0.15, -0.1) is 0 Å². The van der Waals surface area contributed by atoms with E-state index in [-0.39, 0.29) is 18.4 Å². The van der Waals surface area contributed by atoms with Gasteiger partial charge in [0, 0.05) is 6.54 Å². The number of nitrogens with two attached hydrogens (primary N) is 1. The lowest BCUT2D eigenvalue weighted by Crippen LogP contribution is -2.55. The summed E-state index contributed by atoms with van der Waals surface area (Å²) >= 11 is 0. The van der Waals surface area contributed by atoms with Gasteiger partial charge in [-0.1, -0.05) is 24.3 Å². The molecule has 0 bridgehead atoms. The molecule has 3 N–H and O–H groups in total. The van der Waals surface area contributed by atoms with Crippen LogP contribution in [0.3, 0.4) is 0 Å². The molecule has 0 saturated heterocycles. The van der Waals surface area contributed by atoms with Gasteiger partial charge in [0.2, 0.25) is 11.8 Å². The minimum absolute atomic E-state index is 0.0614. The molecular weight excluding hydrogens is 304 g/mol. The lowest BCUT2D eigenvalue weighted by atomic mass is 9.93. The average Bonchev–Trinajstić information content (AvgIpc) is 3.39. The van der Waals surface area contributed by atoms with Gasteiger partial charge in [-0.05, 0) is 43.2 Å². The van der Waals surface area contributed by atoms with E-state index in [1.165, 1.54) is 0 Å². The molecule has 0 unspecified atom stereocenters. The minimum atomic E-state index is -0.826. The van der Waals surface area contributed by atoms with Crippen molar-refractivity contribution in [1.29, 1.82) is 5.26 Å². The second-order valence-corrected chi connectivity index (χ2v) is 6.93. The van der Waals surface area contributed by atoms with Crippen molar-refractivity contribution in [3.63, 3.8) is 0 Å². The van der Waals surface area contributed by atoms with Crippen LogP contribution in [-0.4, -0.2) is 34.8 Å². The molecule has 6 heteroatoms. The zero-order chi connectivity index (χ0) is 17.3. The van der Waals surface area contributed by atoms with E-state index < -0.39 is 17.5 Å². The molecule has 1 aromatic carbocycles. The summed E-state index contributed by atoms with van der Waals surface area (Å²) in [5.41, 5.74) is 6.91. The van der Waals surface area contributed by atoms with Gasteiger partial charge in [-0.2, -0.15) is 5.26 Å². The van der Waals surface area contributed by atoms with Gasteiger partial charge < -0.3 is 11.1 Å². The van der Waals surface area contributed by atoms with E-state index in [0.29, 0.717) is 13.0 Å². The van der Waals surface area contributed by atoms with E-state index in [9.17, 15) is 14.9 Å². The first-order chi connectivity index (χ1) is 11.4. The maximum Gasteiger partial charge on any atom is 0.235 e. The molecule has 1 aromatic rings. The van der Waals surface area contributed by atoms with E-state index in [1.54, 1.807) is 11.8 Å². The zero-order valence-corrected chi connectivity index (χ0v) is 13.8. The van der Waals surface area contributed by atoms with Gasteiger partial charge in [-0.3, -0.25) is 14.5 Å². The fourth-order valence-corrected chi connectivity index (χ4v) is 3.42. The van der Waals surface area contributed by atoms with Crippen LogP contribution in [0.5, 0.6) is 0 Å². The Morgan fingerprint density at radius 2 is 2.04 bits per heavy atom. The van der Waals surface area contributed by atoms with E-state index in [4.69, 9.17) is 5.73 Å². The molecule has 24 heavy (non-hydrogen) atoms. The van der Waals surface area contributed by atoms with Crippen LogP contribution in [0.2, 0.25) is 0 Å². The Balaban J connectivity index is 1.72. The van der Waals surface area contributed by atoms with Crippen LogP contribution in [0.25, 0.3) is 0 Å². The highest BCUT2D eigenvalue weighted by Crippen LogP contribution is 2.39. The summed E-state index contributed by atoms with van der Waals surface area (Å²) in [6.45, 7) is 2.33. The van der Waals surface area contributed by atoms with Crippen molar-refractivity contribution in [2.75, 3.05) is 6.54 Å². The fraction of sp³-hybridized carbons (Fsp3) is 0.500. The lowest BCUT2D eigenvalue weighted by Gasteiger charge is -2.35. The number of fused-ring (bicyclic) bond motifs is 1. The molecule has 0 aromatic heterocycles. The summed E-state index contributed by atoms with van der Waals surface area (Å²) in [5.74, 6) is -0.445. The number of primary amides is 1. The predicted octanol–water partition coefficient (Wildman–Crippen LogP) is 0.707. The summed E-state index contributed by atoms with van der Waals surface area (Å²) in [4.78, 5) is 26.1. The Morgan fingerprint density at radius 3 is 2.62 bits per heavy atom. The van der Waals surface area contributed by atoms with Gasteiger partial charge >= 0.3 is 0 Å². The highest BCUT2D eigenvalue weighted by atomic mass is 16.2. The number of nitriles is 1. The molecule has 2 atom stereocenters. The quantitative estimate of drug-likeness (QED) is 0.832. The maximum atomic E-state index is 12.4. The van der Waals surface area contributed by atoms with E-state index in [0.717, 1.165) is 24.0 Å². The zero-order valence-electron chi connectivity index (χ0n) is 13.8. The Kier molecular flexibility index (Phi) is 4.29.